The largest absolute Gasteiger partial charge is 0.456 e. The third-order valence-corrected chi connectivity index (χ3v) is 13.1. The number of hydrogen-bond acceptors (Lipinski definition) is 1. The molecule has 204 valence electrons. The van der Waals surface area contributed by atoms with Crippen molar-refractivity contribution in [3.63, 3.8) is 0 Å². The zero-order valence-electron chi connectivity index (χ0n) is 24.7. The van der Waals surface area contributed by atoms with Gasteiger partial charge in [-0.1, -0.05) is 17.7 Å². The summed E-state index contributed by atoms with van der Waals surface area (Å²) in [6.45, 7) is 9.31. The Morgan fingerprint density at radius 1 is 0.564 bits per heavy atom. The van der Waals surface area contributed by atoms with Crippen LogP contribution in [0.2, 0.25) is 0 Å². The van der Waals surface area contributed by atoms with Crippen molar-refractivity contribution < 1.29 is 4.74 Å². The van der Waals surface area contributed by atoms with E-state index in [-0.39, 0.29) is 0 Å². The minimum atomic E-state index is 0.415. The van der Waals surface area contributed by atoms with E-state index in [1.165, 1.54) is 110 Å². The highest BCUT2D eigenvalue weighted by atomic mass is 16.5. The lowest BCUT2D eigenvalue weighted by molar-refractivity contribution is -0.00531. The third-order valence-electron chi connectivity index (χ3n) is 13.1. The number of hydrogen-bond donors (Lipinski definition) is 0. The van der Waals surface area contributed by atoms with Crippen LogP contribution in [0.25, 0.3) is 5.57 Å². The van der Waals surface area contributed by atoms with E-state index in [0.29, 0.717) is 10.8 Å². The van der Waals surface area contributed by atoms with Crippen molar-refractivity contribution >= 4 is 5.57 Å². The smallest absolute Gasteiger partial charge is 0.138 e. The Labute approximate surface area is 235 Å². The molecule has 8 saturated carbocycles. The maximum Gasteiger partial charge on any atom is 0.138 e. The molecule has 0 unspecified atom stereocenters. The summed E-state index contributed by atoms with van der Waals surface area (Å²) in [7, 11) is 0. The molecular weight excluding hydrogens is 472 g/mol. The maximum atomic E-state index is 6.93. The fourth-order valence-electron chi connectivity index (χ4n) is 12.5. The van der Waals surface area contributed by atoms with Crippen LogP contribution in [0.4, 0.5) is 0 Å². The molecule has 0 amide bonds. The van der Waals surface area contributed by atoms with Gasteiger partial charge in [-0.25, -0.2) is 0 Å². The first-order valence-corrected chi connectivity index (χ1v) is 16.4. The predicted molar refractivity (Wildman–Crippen MR) is 160 cm³/mol. The van der Waals surface area contributed by atoms with Crippen LogP contribution >= 0.6 is 0 Å². The Bertz CT molecular complexity index is 1260. The molecule has 39 heavy (non-hydrogen) atoms. The van der Waals surface area contributed by atoms with Gasteiger partial charge < -0.3 is 4.74 Å². The summed E-state index contributed by atoms with van der Waals surface area (Å²) in [5, 5.41) is 0. The van der Waals surface area contributed by atoms with Gasteiger partial charge in [-0.2, -0.15) is 0 Å². The van der Waals surface area contributed by atoms with Gasteiger partial charge in [0.15, 0.2) is 0 Å². The van der Waals surface area contributed by atoms with Gasteiger partial charge in [0.1, 0.15) is 11.5 Å². The fraction of sp³-hybridized carbons (Fsp3) is 0.632. The van der Waals surface area contributed by atoms with E-state index >= 15 is 0 Å². The Morgan fingerprint density at radius 2 is 0.897 bits per heavy atom. The molecule has 8 bridgehead atoms. The van der Waals surface area contributed by atoms with Gasteiger partial charge in [-0.15, -0.1) is 0 Å². The molecular formula is C38H46O. The summed E-state index contributed by atoms with van der Waals surface area (Å²) >= 11 is 0. The van der Waals surface area contributed by atoms with E-state index in [1.807, 2.05) is 0 Å². The van der Waals surface area contributed by atoms with Crippen molar-refractivity contribution in [2.45, 2.75) is 116 Å². The summed E-state index contributed by atoms with van der Waals surface area (Å²) in [6, 6.07) is 10.3. The van der Waals surface area contributed by atoms with Crippen LogP contribution < -0.4 is 4.74 Å². The highest BCUT2D eigenvalue weighted by Crippen LogP contribution is 2.63. The Balaban J connectivity index is 1.18. The molecule has 1 aliphatic heterocycles. The van der Waals surface area contributed by atoms with Crippen molar-refractivity contribution in [3.8, 4) is 11.5 Å². The first kappa shape index (κ1) is 23.7. The van der Waals surface area contributed by atoms with Gasteiger partial charge in [0.25, 0.3) is 0 Å². The lowest BCUT2D eigenvalue weighted by Crippen LogP contribution is -2.48. The van der Waals surface area contributed by atoms with Crippen molar-refractivity contribution in [1.29, 1.82) is 0 Å². The van der Waals surface area contributed by atoms with Crippen LogP contribution in [0.3, 0.4) is 0 Å². The molecule has 0 spiro atoms. The monoisotopic (exact) mass is 518 g/mol. The molecule has 8 fully saturated rings. The van der Waals surface area contributed by atoms with E-state index in [2.05, 4.69) is 52.0 Å². The van der Waals surface area contributed by atoms with Gasteiger partial charge in [-0.3, -0.25) is 0 Å². The Morgan fingerprint density at radius 3 is 1.21 bits per heavy atom. The fourth-order valence-corrected chi connectivity index (χ4v) is 12.5. The van der Waals surface area contributed by atoms with E-state index in [1.54, 1.807) is 11.1 Å². The van der Waals surface area contributed by atoms with Gasteiger partial charge in [0, 0.05) is 11.1 Å². The average Bonchev–Trinajstić information content (AvgIpc) is 2.86. The first-order valence-electron chi connectivity index (χ1n) is 16.4. The minimum Gasteiger partial charge on any atom is -0.456 e. The molecule has 0 saturated heterocycles. The van der Waals surface area contributed by atoms with Crippen LogP contribution in [-0.2, 0) is 10.8 Å². The zero-order valence-corrected chi connectivity index (χ0v) is 24.7. The molecule has 0 aromatic heterocycles. The molecule has 1 nitrogen and oxygen atoms in total. The van der Waals surface area contributed by atoms with Crippen molar-refractivity contribution in [2.24, 2.45) is 35.5 Å². The molecule has 0 N–H and O–H groups in total. The topological polar surface area (TPSA) is 9.23 Å². The summed E-state index contributed by atoms with van der Waals surface area (Å²) in [6.07, 6.45) is 17.6. The van der Waals surface area contributed by atoms with Crippen molar-refractivity contribution in [1.82, 2.24) is 0 Å². The maximum absolute atomic E-state index is 6.93. The first-order chi connectivity index (χ1) is 18.8. The van der Waals surface area contributed by atoms with Gasteiger partial charge in [-0.05, 0) is 191 Å². The predicted octanol–water partition coefficient (Wildman–Crippen LogP) is 10.2. The normalized spacial score (nSPS) is 40.5. The summed E-state index contributed by atoms with van der Waals surface area (Å²) in [4.78, 5) is 0. The minimum absolute atomic E-state index is 0.415. The number of ether oxygens (including phenoxy) is 1. The van der Waals surface area contributed by atoms with Crippen LogP contribution in [0.5, 0.6) is 11.5 Å². The molecule has 2 aromatic rings. The second-order valence-corrected chi connectivity index (χ2v) is 16.2. The standard InChI is InChI=1S/C38H46O/c1-21(2)34-32-13-30(37-15-24-7-25(16-37)9-26(8-24)17-37)5-22(3)35(32)39-36-23(4)6-31(14-33(34)36)38-18-27-10-28(19-38)12-29(11-27)20-38/h5-6,13-14,24-29H,7-12,15-20H2,1-4H3. The van der Waals surface area contributed by atoms with Crippen LogP contribution in [0.1, 0.15) is 124 Å². The Hall–Kier alpha value is -2.02. The average molecular weight is 519 g/mol. The number of rotatable bonds is 2. The molecule has 9 aliphatic rings. The second-order valence-electron chi connectivity index (χ2n) is 16.2. The van der Waals surface area contributed by atoms with E-state index in [4.69, 9.17) is 4.74 Å². The van der Waals surface area contributed by atoms with Crippen LogP contribution in [0, 0.1) is 49.4 Å². The van der Waals surface area contributed by atoms with Gasteiger partial charge in [0.2, 0.25) is 0 Å². The third kappa shape index (κ3) is 3.31. The quantitative estimate of drug-likeness (QED) is 0.328. The van der Waals surface area contributed by atoms with Crippen LogP contribution in [-0.4, -0.2) is 0 Å². The van der Waals surface area contributed by atoms with E-state index in [0.717, 1.165) is 47.0 Å². The number of aryl methyl sites for hydroxylation is 2. The zero-order chi connectivity index (χ0) is 26.3. The van der Waals surface area contributed by atoms with Crippen molar-refractivity contribution in [2.75, 3.05) is 0 Å². The summed E-state index contributed by atoms with van der Waals surface area (Å²) in [5.74, 6) is 8.07. The molecule has 1 heterocycles. The highest BCUT2D eigenvalue weighted by molar-refractivity contribution is 5.91. The number of allylic oxidation sites excluding steroid dienone is 1. The van der Waals surface area contributed by atoms with Crippen molar-refractivity contribution in [3.05, 3.63) is 63.2 Å². The molecule has 0 atom stereocenters. The molecule has 2 aromatic carbocycles. The lowest BCUT2D eigenvalue weighted by atomic mass is 9.48. The van der Waals surface area contributed by atoms with Crippen LogP contribution in [0.15, 0.2) is 29.8 Å². The Kier molecular flexibility index (Phi) is 4.75. The van der Waals surface area contributed by atoms with E-state index in [9.17, 15) is 0 Å². The lowest BCUT2D eigenvalue weighted by Gasteiger charge is -2.57. The van der Waals surface area contributed by atoms with E-state index < -0.39 is 0 Å². The van der Waals surface area contributed by atoms with Gasteiger partial charge >= 0.3 is 0 Å². The molecule has 0 radical (unpaired) electrons. The number of fused-ring (bicyclic) bond motifs is 2. The SMILES string of the molecule is CC(C)=C1c2cc(C34CC5CC(CC(C5)C3)C4)cc(C)c2Oc2c(C)cc(C34CC5CC(CC(C5)C3)C4)cc21. The molecule has 1 heteroatoms. The van der Waals surface area contributed by atoms with Gasteiger partial charge in [0.05, 0.1) is 0 Å². The molecule has 11 rings (SSSR count). The number of benzene rings is 2. The summed E-state index contributed by atoms with van der Waals surface area (Å²) in [5.41, 5.74) is 12.5. The molecule has 8 aliphatic carbocycles. The summed E-state index contributed by atoms with van der Waals surface area (Å²) < 4.78 is 6.93. The highest BCUT2D eigenvalue weighted by Gasteiger charge is 2.53. The second kappa shape index (κ2) is 7.83.